The third-order valence-corrected chi connectivity index (χ3v) is 4.38. The maximum Gasteiger partial charge on any atom is 0.222 e. The van der Waals surface area contributed by atoms with Crippen LogP contribution < -0.4 is 5.32 Å². The number of piperidine rings is 1. The molecule has 21 heavy (non-hydrogen) atoms. The van der Waals surface area contributed by atoms with Crippen molar-refractivity contribution in [1.29, 1.82) is 0 Å². The van der Waals surface area contributed by atoms with Crippen molar-refractivity contribution in [3.8, 4) is 0 Å². The van der Waals surface area contributed by atoms with E-state index in [0.29, 0.717) is 24.3 Å². The van der Waals surface area contributed by atoms with Crippen molar-refractivity contribution in [2.24, 2.45) is 5.92 Å². The highest BCUT2D eigenvalue weighted by molar-refractivity contribution is 5.76. The summed E-state index contributed by atoms with van der Waals surface area (Å²) in [5, 5.41) is 3.60. The summed E-state index contributed by atoms with van der Waals surface area (Å²) in [4.78, 5) is 14.4. The van der Waals surface area contributed by atoms with Gasteiger partial charge in [0.15, 0.2) is 0 Å². The first-order chi connectivity index (χ1) is 10.2. The summed E-state index contributed by atoms with van der Waals surface area (Å²) in [6, 6.07) is 10.8. The SMILES string of the molecule is CCCNC1CCN(C(=O)CCc2ccccc2)CC1C. The largest absolute Gasteiger partial charge is 0.342 e. The maximum absolute atomic E-state index is 12.3. The first-order valence-corrected chi connectivity index (χ1v) is 8.25. The molecule has 1 saturated heterocycles. The van der Waals surface area contributed by atoms with E-state index in [4.69, 9.17) is 0 Å². The molecule has 3 heteroatoms. The molecule has 0 aliphatic carbocycles. The molecule has 116 valence electrons. The van der Waals surface area contributed by atoms with Gasteiger partial charge in [-0.15, -0.1) is 0 Å². The lowest BCUT2D eigenvalue weighted by Gasteiger charge is -2.37. The van der Waals surface area contributed by atoms with Crippen LogP contribution in [0.2, 0.25) is 0 Å². The van der Waals surface area contributed by atoms with Gasteiger partial charge in [-0.05, 0) is 37.3 Å². The van der Waals surface area contributed by atoms with E-state index in [-0.39, 0.29) is 0 Å². The molecule has 1 fully saturated rings. The van der Waals surface area contributed by atoms with Gasteiger partial charge >= 0.3 is 0 Å². The van der Waals surface area contributed by atoms with Gasteiger partial charge < -0.3 is 10.2 Å². The van der Waals surface area contributed by atoms with Crippen molar-refractivity contribution in [1.82, 2.24) is 10.2 Å². The molecule has 1 aliphatic rings. The van der Waals surface area contributed by atoms with Crippen molar-refractivity contribution in [3.63, 3.8) is 0 Å². The minimum absolute atomic E-state index is 0.305. The van der Waals surface area contributed by atoms with Crippen molar-refractivity contribution >= 4 is 5.91 Å². The number of aryl methyl sites for hydroxylation is 1. The summed E-state index contributed by atoms with van der Waals surface area (Å²) in [6.45, 7) is 7.33. The van der Waals surface area contributed by atoms with Gasteiger partial charge in [-0.3, -0.25) is 4.79 Å². The molecule has 3 nitrogen and oxygen atoms in total. The fraction of sp³-hybridized carbons (Fsp3) is 0.611. The molecule has 0 saturated carbocycles. The van der Waals surface area contributed by atoms with E-state index in [9.17, 15) is 4.79 Å². The first kappa shape index (κ1) is 16.0. The van der Waals surface area contributed by atoms with E-state index in [1.807, 2.05) is 18.2 Å². The molecule has 0 aromatic heterocycles. The summed E-state index contributed by atoms with van der Waals surface area (Å²) in [5.74, 6) is 0.852. The second-order valence-electron chi connectivity index (χ2n) is 6.15. The third kappa shape index (κ3) is 4.85. The minimum Gasteiger partial charge on any atom is -0.342 e. The average Bonchev–Trinajstić information content (AvgIpc) is 2.52. The number of carbonyl (C=O) groups is 1. The van der Waals surface area contributed by atoms with Gasteiger partial charge in [-0.25, -0.2) is 0 Å². The predicted octanol–water partition coefficient (Wildman–Crippen LogP) is 2.86. The van der Waals surface area contributed by atoms with Crippen LogP contribution in [0.25, 0.3) is 0 Å². The number of likely N-dealkylation sites (tertiary alicyclic amines) is 1. The van der Waals surface area contributed by atoms with E-state index >= 15 is 0 Å². The Bertz CT molecular complexity index is 432. The average molecular weight is 288 g/mol. The molecular weight excluding hydrogens is 260 g/mol. The number of benzene rings is 1. The van der Waals surface area contributed by atoms with Gasteiger partial charge in [0.2, 0.25) is 5.91 Å². The van der Waals surface area contributed by atoms with E-state index in [1.165, 1.54) is 12.0 Å². The molecule has 0 radical (unpaired) electrons. The van der Waals surface area contributed by atoms with Gasteiger partial charge in [0, 0.05) is 25.6 Å². The third-order valence-electron chi connectivity index (χ3n) is 4.38. The number of rotatable bonds is 6. The highest BCUT2D eigenvalue weighted by Gasteiger charge is 2.27. The van der Waals surface area contributed by atoms with E-state index in [1.54, 1.807) is 0 Å². The molecule has 0 spiro atoms. The highest BCUT2D eigenvalue weighted by Crippen LogP contribution is 2.18. The second-order valence-corrected chi connectivity index (χ2v) is 6.15. The van der Waals surface area contributed by atoms with Gasteiger partial charge in [-0.1, -0.05) is 44.2 Å². The Hall–Kier alpha value is -1.35. The standard InChI is InChI=1S/C18H28N2O/c1-3-12-19-17-11-13-20(14-15(17)2)18(21)10-9-16-7-5-4-6-8-16/h4-8,15,17,19H,3,9-14H2,1-2H3. The number of nitrogens with zero attached hydrogens (tertiary/aromatic N) is 1. The lowest BCUT2D eigenvalue weighted by Crippen LogP contribution is -2.50. The first-order valence-electron chi connectivity index (χ1n) is 8.25. The lowest BCUT2D eigenvalue weighted by molar-refractivity contribution is -0.133. The highest BCUT2D eigenvalue weighted by atomic mass is 16.2. The molecule has 2 unspecified atom stereocenters. The van der Waals surface area contributed by atoms with E-state index in [0.717, 1.165) is 32.5 Å². The fourth-order valence-electron chi connectivity index (χ4n) is 3.06. The zero-order valence-corrected chi connectivity index (χ0v) is 13.3. The van der Waals surface area contributed by atoms with Crippen LogP contribution in [0.1, 0.15) is 38.7 Å². The van der Waals surface area contributed by atoms with Crippen LogP contribution in [0.3, 0.4) is 0 Å². The van der Waals surface area contributed by atoms with Crippen LogP contribution in [0, 0.1) is 5.92 Å². The molecule has 1 aromatic carbocycles. The van der Waals surface area contributed by atoms with Crippen molar-refractivity contribution < 1.29 is 4.79 Å². The minimum atomic E-state index is 0.305. The molecule has 1 N–H and O–H groups in total. The van der Waals surface area contributed by atoms with Crippen LogP contribution in [0.5, 0.6) is 0 Å². The van der Waals surface area contributed by atoms with Crippen LogP contribution in [-0.2, 0) is 11.2 Å². The van der Waals surface area contributed by atoms with Crippen molar-refractivity contribution in [2.75, 3.05) is 19.6 Å². The summed E-state index contributed by atoms with van der Waals surface area (Å²) >= 11 is 0. The number of amides is 1. The topological polar surface area (TPSA) is 32.3 Å². The Kier molecular flexibility index (Phi) is 6.24. The van der Waals surface area contributed by atoms with Crippen LogP contribution >= 0.6 is 0 Å². The monoisotopic (exact) mass is 288 g/mol. The van der Waals surface area contributed by atoms with E-state index in [2.05, 4.69) is 36.2 Å². The number of carbonyl (C=O) groups excluding carboxylic acids is 1. The van der Waals surface area contributed by atoms with Crippen LogP contribution in [0.4, 0.5) is 0 Å². The molecule has 1 aromatic rings. The Morgan fingerprint density at radius 2 is 2.10 bits per heavy atom. The zero-order valence-electron chi connectivity index (χ0n) is 13.3. The Balaban J connectivity index is 1.76. The van der Waals surface area contributed by atoms with Gasteiger partial charge in [0.25, 0.3) is 0 Å². The zero-order chi connectivity index (χ0) is 15.1. The van der Waals surface area contributed by atoms with Crippen LogP contribution in [0.15, 0.2) is 30.3 Å². The number of nitrogens with one attached hydrogen (secondary N) is 1. The number of hydrogen-bond donors (Lipinski definition) is 1. The summed E-state index contributed by atoms with van der Waals surface area (Å²) in [5.41, 5.74) is 1.25. The van der Waals surface area contributed by atoms with Gasteiger partial charge in [0.05, 0.1) is 0 Å². The van der Waals surface area contributed by atoms with Crippen molar-refractivity contribution in [2.45, 2.75) is 45.6 Å². The molecule has 1 amide bonds. The molecule has 2 rings (SSSR count). The smallest absolute Gasteiger partial charge is 0.222 e. The Morgan fingerprint density at radius 3 is 2.76 bits per heavy atom. The second kappa shape index (κ2) is 8.18. The molecule has 1 heterocycles. The normalized spacial score (nSPS) is 22.3. The molecule has 0 bridgehead atoms. The summed E-state index contributed by atoms with van der Waals surface area (Å²) in [6.07, 6.45) is 3.73. The summed E-state index contributed by atoms with van der Waals surface area (Å²) < 4.78 is 0. The lowest BCUT2D eigenvalue weighted by atomic mass is 9.93. The maximum atomic E-state index is 12.3. The summed E-state index contributed by atoms with van der Waals surface area (Å²) in [7, 11) is 0. The molecule has 2 atom stereocenters. The Labute approximate surface area is 128 Å². The quantitative estimate of drug-likeness (QED) is 0.873. The number of hydrogen-bond acceptors (Lipinski definition) is 2. The van der Waals surface area contributed by atoms with E-state index < -0.39 is 0 Å². The molecule has 1 aliphatic heterocycles. The van der Waals surface area contributed by atoms with Crippen LogP contribution in [-0.4, -0.2) is 36.5 Å². The van der Waals surface area contributed by atoms with Gasteiger partial charge in [0.1, 0.15) is 0 Å². The fourth-order valence-corrected chi connectivity index (χ4v) is 3.06. The van der Waals surface area contributed by atoms with Crippen molar-refractivity contribution in [3.05, 3.63) is 35.9 Å². The molecular formula is C18H28N2O. The predicted molar refractivity (Wildman–Crippen MR) is 87.2 cm³/mol. The van der Waals surface area contributed by atoms with Gasteiger partial charge in [-0.2, -0.15) is 0 Å². The Morgan fingerprint density at radius 1 is 1.33 bits per heavy atom.